The number of ether oxygens (including phenoxy) is 1. The number of nitrogens with zero attached hydrogens (tertiary/aromatic N) is 3. The first kappa shape index (κ1) is 20.1. The first-order valence-corrected chi connectivity index (χ1v) is 10.1. The fraction of sp³-hybridized carbons (Fsp3) is 0.778. The summed E-state index contributed by atoms with van der Waals surface area (Å²) in [5.41, 5.74) is 1.15. The lowest BCUT2D eigenvalue weighted by molar-refractivity contribution is 0.128. The van der Waals surface area contributed by atoms with E-state index in [0.29, 0.717) is 6.04 Å². The van der Waals surface area contributed by atoms with Crippen LogP contribution in [0.3, 0.4) is 0 Å². The van der Waals surface area contributed by atoms with Gasteiger partial charge in [-0.25, -0.2) is 4.98 Å². The Morgan fingerprint density at radius 2 is 2.12 bits per heavy atom. The van der Waals surface area contributed by atoms with Gasteiger partial charge in [0.25, 0.3) is 0 Å². The Balaban J connectivity index is 1.79. The maximum absolute atomic E-state index is 5.17. The number of likely N-dealkylation sites (tertiary alicyclic amines) is 1. The molecule has 0 saturated carbocycles. The summed E-state index contributed by atoms with van der Waals surface area (Å²) in [6.07, 6.45) is 3.27. The van der Waals surface area contributed by atoms with E-state index in [1.807, 2.05) is 0 Å². The number of rotatable bonds is 8. The summed E-state index contributed by atoms with van der Waals surface area (Å²) in [6.45, 7) is 12.0. The first-order valence-electron chi connectivity index (χ1n) is 9.31. The third-order valence-electron chi connectivity index (χ3n) is 4.49. The minimum atomic E-state index is 0.504. The Kier molecular flexibility index (Phi) is 8.64. The van der Waals surface area contributed by atoms with Crippen molar-refractivity contribution in [2.24, 2.45) is 4.99 Å². The number of hydrogen-bond acceptors (Lipinski definition) is 5. The number of thiazole rings is 1. The van der Waals surface area contributed by atoms with E-state index in [-0.39, 0.29) is 0 Å². The molecule has 142 valence electrons. The molecule has 0 unspecified atom stereocenters. The van der Waals surface area contributed by atoms with Gasteiger partial charge in [0.05, 0.1) is 17.3 Å². The number of guanidine groups is 1. The largest absolute Gasteiger partial charge is 0.383 e. The van der Waals surface area contributed by atoms with Crippen molar-refractivity contribution in [1.82, 2.24) is 20.5 Å². The number of methoxy groups -OCH3 is 1. The monoisotopic (exact) mass is 367 g/mol. The highest BCUT2D eigenvalue weighted by Crippen LogP contribution is 2.17. The predicted molar refractivity (Wildman–Crippen MR) is 106 cm³/mol. The molecule has 1 fully saturated rings. The standard InChI is InChI=1S/C18H33N5OS/c1-5-19-18(20-9-6-17-14(2)21-15(3)25-17)22-16-7-10-23(11-8-16)12-13-24-4/h16H,5-13H2,1-4H3,(H2,19,20,22). The second-order valence-corrected chi connectivity index (χ2v) is 7.79. The van der Waals surface area contributed by atoms with E-state index < -0.39 is 0 Å². The second-order valence-electron chi connectivity index (χ2n) is 6.51. The maximum Gasteiger partial charge on any atom is 0.191 e. The second kappa shape index (κ2) is 10.7. The van der Waals surface area contributed by atoms with Crippen molar-refractivity contribution in [3.63, 3.8) is 0 Å². The van der Waals surface area contributed by atoms with Gasteiger partial charge in [0, 0.05) is 57.2 Å². The molecule has 7 heteroatoms. The molecule has 2 N–H and O–H groups in total. The van der Waals surface area contributed by atoms with Crippen molar-refractivity contribution in [2.45, 2.75) is 46.1 Å². The summed E-state index contributed by atoms with van der Waals surface area (Å²) in [7, 11) is 1.77. The van der Waals surface area contributed by atoms with Crippen molar-refractivity contribution in [3.8, 4) is 0 Å². The first-order chi connectivity index (χ1) is 12.1. The molecule has 0 aromatic carbocycles. The lowest BCUT2D eigenvalue weighted by Gasteiger charge is -2.32. The average molecular weight is 368 g/mol. The van der Waals surface area contributed by atoms with Crippen LogP contribution in [0.4, 0.5) is 0 Å². The van der Waals surface area contributed by atoms with Gasteiger partial charge in [-0.2, -0.15) is 0 Å². The Morgan fingerprint density at radius 1 is 1.36 bits per heavy atom. The molecular formula is C18H33N5OS. The smallest absolute Gasteiger partial charge is 0.191 e. The van der Waals surface area contributed by atoms with Crippen molar-refractivity contribution >= 4 is 17.3 Å². The number of nitrogens with one attached hydrogen (secondary N) is 2. The van der Waals surface area contributed by atoms with Gasteiger partial charge in [-0.15, -0.1) is 11.3 Å². The van der Waals surface area contributed by atoms with E-state index in [2.05, 4.69) is 41.3 Å². The minimum absolute atomic E-state index is 0.504. The molecule has 1 aliphatic heterocycles. The van der Waals surface area contributed by atoms with Crippen LogP contribution >= 0.6 is 11.3 Å². The number of hydrogen-bond donors (Lipinski definition) is 2. The molecule has 25 heavy (non-hydrogen) atoms. The van der Waals surface area contributed by atoms with E-state index in [0.717, 1.165) is 75.3 Å². The summed E-state index contributed by atoms with van der Waals surface area (Å²) in [6, 6.07) is 0.504. The molecule has 0 radical (unpaired) electrons. The third-order valence-corrected chi connectivity index (χ3v) is 5.63. The van der Waals surface area contributed by atoms with Gasteiger partial charge in [0.15, 0.2) is 5.96 Å². The molecule has 2 heterocycles. The number of aliphatic imine (C=N–C) groups is 1. The quantitative estimate of drug-likeness (QED) is 0.543. The lowest BCUT2D eigenvalue weighted by Crippen LogP contribution is -2.49. The maximum atomic E-state index is 5.17. The van der Waals surface area contributed by atoms with Crippen LogP contribution < -0.4 is 10.6 Å². The van der Waals surface area contributed by atoms with Crippen LogP contribution in [0.5, 0.6) is 0 Å². The predicted octanol–water partition coefficient (Wildman–Crippen LogP) is 1.97. The molecular weight excluding hydrogens is 334 g/mol. The van der Waals surface area contributed by atoms with Crippen molar-refractivity contribution in [3.05, 3.63) is 15.6 Å². The van der Waals surface area contributed by atoms with Gasteiger partial charge < -0.3 is 20.3 Å². The van der Waals surface area contributed by atoms with Crippen molar-refractivity contribution in [2.75, 3.05) is 46.4 Å². The van der Waals surface area contributed by atoms with E-state index in [4.69, 9.17) is 9.73 Å². The zero-order chi connectivity index (χ0) is 18.1. The highest BCUT2D eigenvalue weighted by atomic mass is 32.1. The van der Waals surface area contributed by atoms with Crippen molar-refractivity contribution < 1.29 is 4.74 Å². The average Bonchev–Trinajstić information content (AvgIpc) is 2.92. The van der Waals surface area contributed by atoms with E-state index in [1.165, 1.54) is 4.88 Å². The molecule has 1 aliphatic rings. The van der Waals surface area contributed by atoms with Gasteiger partial charge >= 0.3 is 0 Å². The van der Waals surface area contributed by atoms with Crippen LogP contribution in [0.2, 0.25) is 0 Å². The molecule has 0 aliphatic carbocycles. The van der Waals surface area contributed by atoms with Crippen LogP contribution in [0.15, 0.2) is 4.99 Å². The summed E-state index contributed by atoms with van der Waals surface area (Å²) in [4.78, 5) is 13.1. The molecule has 0 spiro atoms. The highest BCUT2D eigenvalue weighted by Gasteiger charge is 2.19. The van der Waals surface area contributed by atoms with Gasteiger partial charge in [0.2, 0.25) is 0 Å². The number of aromatic nitrogens is 1. The number of aryl methyl sites for hydroxylation is 2. The van der Waals surface area contributed by atoms with Gasteiger partial charge in [-0.1, -0.05) is 0 Å². The van der Waals surface area contributed by atoms with Crippen LogP contribution in [0.25, 0.3) is 0 Å². The van der Waals surface area contributed by atoms with Crippen LogP contribution in [-0.4, -0.2) is 68.3 Å². The third kappa shape index (κ3) is 6.92. The SMILES string of the molecule is CCNC(=NCCc1sc(C)nc1C)NC1CCN(CCOC)CC1. The fourth-order valence-corrected chi connectivity index (χ4v) is 4.04. The fourth-order valence-electron chi connectivity index (χ4n) is 3.11. The summed E-state index contributed by atoms with van der Waals surface area (Å²) in [5, 5.41) is 8.12. The van der Waals surface area contributed by atoms with Crippen LogP contribution in [0.1, 0.15) is 35.3 Å². The normalized spacial score (nSPS) is 17.0. The molecule has 2 rings (SSSR count). The van der Waals surface area contributed by atoms with E-state index >= 15 is 0 Å². The topological polar surface area (TPSA) is 61.8 Å². The Morgan fingerprint density at radius 3 is 2.72 bits per heavy atom. The summed E-state index contributed by atoms with van der Waals surface area (Å²) >= 11 is 1.78. The Hall–Kier alpha value is -1.18. The van der Waals surface area contributed by atoms with Gasteiger partial charge in [0.1, 0.15) is 0 Å². The van der Waals surface area contributed by atoms with E-state index in [9.17, 15) is 0 Å². The van der Waals surface area contributed by atoms with Crippen molar-refractivity contribution in [1.29, 1.82) is 0 Å². The Bertz CT molecular complexity index is 538. The zero-order valence-electron chi connectivity index (χ0n) is 16.1. The molecule has 0 atom stereocenters. The summed E-state index contributed by atoms with van der Waals surface area (Å²) in [5.74, 6) is 0.941. The zero-order valence-corrected chi connectivity index (χ0v) is 16.9. The van der Waals surface area contributed by atoms with Crippen LogP contribution in [0, 0.1) is 13.8 Å². The molecule has 0 amide bonds. The molecule has 1 aromatic heterocycles. The molecule has 6 nitrogen and oxygen atoms in total. The number of piperidine rings is 1. The van der Waals surface area contributed by atoms with Crippen LogP contribution in [-0.2, 0) is 11.2 Å². The lowest BCUT2D eigenvalue weighted by atomic mass is 10.1. The molecule has 0 bridgehead atoms. The van der Waals surface area contributed by atoms with Gasteiger partial charge in [-0.3, -0.25) is 4.99 Å². The highest BCUT2D eigenvalue weighted by molar-refractivity contribution is 7.11. The van der Waals surface area contributed by atoms with Gasteiger partial charge in [-0.05, 0) is 33.6 Å². The minimum Gasteiger partial charge on any atom is -0.383 e. The molecule has 1 saturated heterocycles. The summed E-state index contributed by atoms with van der Waals surface area (Å²) < 4.78 is 5.17. The molecule has 1 aromatic rings. The van der Waals surface area contributed by atoms with E-state index in [1.54, 1.807) is 18.4 Å². The Labute approximate surface area is 156 Å².